The van der Waals surface area contributed by atoms with E-state index < -0.39 is 260 Å². The Balaban J connectivity index is 1.08. The van der Waals surface area contributed by atoms with E-state index in [4.69, 9.17) is 66.3 Å². The SMILES string of the molecule is OC[C@H]1O[C@@H]2O[C@H]3[C@H](O)[C@@H](O)[C@@H](O[C@H]4[C@H](O)[C@@H](O)[C@@H](O[C@H]5[C@@H](O)[C@H](O)[C@@H](O[C@H]6[C@H](S)[C@@H](O)[C@@H](O[C@H]7[C@H](O)[C@@H](O)[C@@H](O[C@H]8[C@H](O)[C@@H](O)[C@@H](O[C@H]1[C@H](O)[C@H]2O)O[C@@H]8CO)O[C@@H]7CO)O[C@@H]6CO)O[C@@H]5CO)O[C@@H]4CO)O[C@@H]3CO. The van der Waals surface area contributed by atoms with E-state index in [0.29, 0.717) is 0 Å². The first-order chi connectivity index (χ1) is 36.7. The first kappa shape index (κ1) is 62.0. The van der Waals surface area contributed by atoms with Crippen LogP contribution < -0.4 is 0 Å². The minimum absolute atomic E-state index is 0.936. The highest BCUT2D eigenvalue weighted by atomic mass is 32.1. The van der Waals surface area contributed by atoms with Crippen LogP contribution in [0, 0.1) is 0 Å². The van der Waals surface area contributed by atoms with Gasteiger partial charge in [-0.3, -0.25) is 0 Å². The lowest BCUT2D eigenvalue weighted by atomic mass is 9.95. The van der Waals surface area contributed by atoms with Gasteiger partial charge in [0, 0.05) is 0 Å². The zero-order valence-corrected chi connectivity index (χ0v) is 41.2. The summed E-state index contributed by atoms with van der Waals surface area (Å²) in [4.78, 5) is 0. The van der Waals surface area contributed by atoms with Crippen molar-refractivity contribution < 1.29 is 168 Å². The van der Waals surface area contributed by atoms with Crippen LogP contribution in [0.5, 0.6) is 0 Å². The Labute approximate surface area is 440 Å². The van der Waals surface area contributed by atoms with Gasteiger partial charge in [0.25, 0.3) is 0 Å². The molecule has 21 heterocycles. The highest BCUT2D eigenvalue weighted by Crippen LogP contribution is 2.39. The monoisotopic (exact) mass is 1150 g/mol. The number of hydrogen-bond acceptors (Lipinski definition) is 35. The maximum absolute atomic E-state index is 11.4. The van der Waals surface area contributed by atoms with Gasteiger partial charge in [0.05, 0.1) is 51.5 Å². The van der Waals surface area contributed by atoms with E-state index in [2.05, 4.69) is 12.6 Å². The third-order valence-corrected chi connectivity index (χ3v) is 15.4. The third-order valence-electron chi connectivity index (χ3n) is 14.8. The third kappa shape index (κ3) is 12.2. The van der Waals surface area contributed by atoms with Gasteiger partial charge >= 0.3 is 0 Å². The van der Waals surface area contributed by atoms with E-state index in [1.165, 1.54) is 0 Å². The Kier molecular flexibility index (Phi) is 21.2. The van der Waals surface area contributed by atoms with E-state index in [1.54, 1.807) is 0 Å². The fourth-order valence-corrected chi connectivity index (χ4v) is 10.8. The summed E-state index contributed by atoms with van der Waals surface area (Å²) in [7, 11) is 0. The Morgan fingerprint density at radius 1 is 0.195 bits per heavy atom. The molecular weight excluding hydrogens is 1080 g/mol. The molecule has 77 heavy (non-hydrogen) atoms. The molecule has 35 heteroatoms. The number of rotatable bonds is 7. The Bertz CT molecular complexity index is 1470. The summed E-state index contributed by atoms with van der Waals surface area (Å²) >= 11 is 4.41. The number of aliphatic hydroxyl groups is 20. The summed E-state index contributed by atoms with van der Waals surface area (Å²) in [5.41, 5.74) is 0. The quantitative estimate of drug-likeness (QED) is 0.105. The molecule has 0 saturated carbocycles. The van der Waals surface area contributed by atoms with Crippen LogP contribution in [0.25, 0.3) is 0 Å². The van der Waals surface area contributed by atoms with Crippen LogP contribution in [0.3, 0.4) is 0 Å². The normalized spacial score (nSPS) is 55.4. The summed E-state index contributed by atoms with van der Waals surface area (Å²) in [5, 5.41) is 218. The predicted octanol–water partition coefficient (Wildman–Crippen LogP) is -14.3. The number of ether oxygens (including phenoxy) is 14. The van der Waals surface area contributed by atoms with Gasteiger partial charge in [-0.25, -0.2) is 0 Å². The summed E-state index contributed by atoms with van der Waals surface area (Å²) in [6.45, 7) is -7.08. The molecule has 0 unspecified atom stereocenters. The van der Waals surface area contributed by atoms with E-state index in [0.717, 1.165) is 0 Å². The smallest absolute Gasteiger partial charge is 0.187 e. The van der Waals surface area contributed by atoms with Crippen LogP contribution >= 0.6 is 12.6 Å². The Hall–Kier alpha value is -1.01. The van der Waals surface area contributed by atoms with E-state index in [-0.39, 0.29) is 0 Å². The summed E-state index contributed by atoms with van der Waals surface area (Å²) in [6, 6.07) is 0. The van der Waals surface area contributed by atoms with Gasteiger partial charge < -0.3 is 168 Å². The first-order valence-corrected chi connectivity index (χ1v) is 25.1. The molecule has 0 radical (unpaired) electrons. The maximum Gasteiger partial charge on any atom is 0.187 e. The van der Waals surface area contributed by atoms with Crippen molar-refractivity contribution in [2.45, 2.75) is 214 Å². The predicted molar refractivity (Wildman–Crippen MR) is 235 cm³/mol. The van der Waals surface area contributed by atoms with Crippen LogP contribution in [-0.2, 0) is 66.3 Å². The average molecular weight is 1150 g/mol. The van der Waals surface area contributed by atoms with Gasteiger partial charge in [-0.1, -0.05) is 0 Å². The standard InChI is InChI=1S/C42H70O34S/c43-1-8-28-16(51)22(57)37(64-8)72-30-10(3-45)66-39(24(59)18(30)53)74-32-12(5-47)68-41(26(61)20(32)55)76-34-14(7-49)69-42(27(62)35(34)77)75-33-13(6-48)67-40(25(60)19(33)54)73-31-11(4-46)65-38(23(58)17(31)52)71-29-9(2-44)63-36(70-28)21(56)15(29)50/h8-62,77H,1-7H2/t8-,9-,10-,11-,12-,13-,14-,15-,16-,17-,18-,19-,20+,21-,22-,23-,24-,25-,26+,27-,28-,29-,30-,31-,32-,33-,34-,35-,36-,37-,38-,39-,40-,41-,42-/m1/s1. The lowest BCUT2D eigenvalue weighted by Gasteiger charge is -2.50. The molecule has 21 aliphatic rings. The van der Waals surface area contributed by atoms with Gasteiger partial charge in [-0.15, -0.1) is 0 Å². The molecule has 20 N–H and O–H groups in total. The van der Waals surface area contributed by atoms with Crippen molar-refractivity contribution in [3.63, 3.8) is 0 Å². The molecule has 14 bridgehead atoms. The first-order valence-electron chi connectivity index (χ1n) is 24.6. The minimum Gasteiger partial charge on any atom is -0.394 e. The minimum atomic E-state index is -2.20. The van der Waals surface area contributed by atoms with Gasteiger partial charge in [0.15, 0.2) is 44.0 Å². The van der Waals surface area contributed by atoms with Crippen LogP contribution in [-0.4, -0.2) is 362 Å². The van der Waals surface area contributed by atoms with Crippen molar-refractivity contribution in [2.75, 3.05) is 46.2 Å². The molecule has 0 aliphatic carbocycles. The van der Waals surface area contributed by atoms with Crippen molar-refractivity contribution in [2.24, 2.45) is 0 Å². The van der Waals surface area contributed by atoms with Crippen molar-refractivity contribution in [1.82, 2.24) is 0 Å². The summed E-state index contributed by atoms with van der Waals surface area (Å²) in [5.74, 6) is 0. The van der Waals surface area contributed by atoms with E-state index in [9.17, 15) is 102 Å². The van der Waals surface area contributed by atoms with Gasteiger partial charge in [0.1, 0.15) is 165 Å². The summed E-state index contributed by atoms with van der Waals surface area (Å²) < 4.78 is 80.1. The van der Waals surface area contributed by atoms with Crippen molar-refractivity contribution in [3.05, 3.63) is 0 Å². The molecular formula is C42H70O34S. The molecule has 0 amide bonds. The Morgan fingerprint density at radius 2 is 0.338 bits per heavy atom. The second-order valence-corrected chi connectivity index (χ2v) is 20.2. The Morgan fingerprint density at radius 3 is 0.506 bits per heavy atom. The molecule has 0 aromatic carbocycles. The molecule has 0 spiro atoms. The lowest BCUT2D eigenvalue weighted by molar-refractivity contribution is -0.396. The fourth-order valence-electron chi connectivity index (χ4n) is 10.4. The zero-order chi connectivity index (χ0) is 56.1. The van der Waals surface area contributed by atoms with E-state index in [1.807, 2.05) is 0 Å². The average Bonchev–Trinajstić information content (AvgIpc) is 3.45. The maximum atomic E-state index is 11.4. The second kappa shape index (κ2) is 26.3. The van der Waals surface area contributed by atoms with Crippen LogP contribution in [0.4, 0.5) is 0 Å². The van der Waals surface area contributed by atoms with Crippen molar-refractivity contribution in [1.29, 1.82) is 0 Å². The molecule has 34 nitrogen and oxygen atoms in total. The molecule has 21 rings (SSSR count). The number of aliphatic hydroxyl groups excluding tert-OH is 20. The largest absolute Gasteiger partial charge is 0.394 e. The molecule has 448 valence electrons. The topological polar surface area (TPSA) is 534 Å². The highest BCUT2D eigenvalue weighted by molar-refractivity contribution is 7.81. The molecule has 21 aliphatic heterocycles. The number of thiol groups is 1. The molecule has 0 aromatic rings. The number of hydrogen-bond donors (Lipinski definition) is 21. The van der Waals surface area contributed by atoms with Gasteiger partial charge in [-0.2, -0.15) is 12.6 Å². The lowest BCUT2D eigenvalue weighted by Crippen LogP contribution is -2.68. The fraction of sp³-hybridized carbons (Fsp3) is 1.00. The van der Waals surface area contributed by atoms with Crippen LogP contribution in [0.2, 0.25) is 0 Å². The highest BCUT2D eigenvalue weighted by Gasteiger charge is 2.59. The van der Waals surface area contributed by atoms with Crippen molar-refractivity contribution in [3.8, 4) is 0 Å². The van der Waals surface area contributed by atoms with Gasteiger partial charge in [-0.05, 0) is 0 Å². The van der Waals surface area contributed by atoms with Gasteiger partial charge in [0.2, 0.25) is 0 Å². The molecule has 21 saturated heterocycles. The van der Waals surface area contributed by atoms with E-state index >= 15 is 0 Å². The van der Waals surface area contributed by atoms with Crippen molar-refractivity contribution >= 4 is 12.6 Å². The molecule has 0 aromatic heterocycles. The van der Waals surface area contributed by atoms with Crippen LogP contribution in [0.15, 0.2) is 0 Å². The molecule has 35 atom stereocenters. The zero-order valence-electron chi connectivity index (χ0n) is 40.3. The summed E-state index contributed by atoms with van der Waals surface area (Å²) in [6.07, 6.45) is -66.2. The van der Waals surface area contributed by atoms with Crippen LogP contribution in [0.1, 0.15) is 0 Å². The second-order valence-electron chi connectivity index (χ2n) is 19.7. The molecule has 21 fully saturated rings.